The molecule has 1 amide bonds. The van der Waals surface area contributed by atoms with E-state index in [4.69, 9.17) is 0 Å². The minimum Gasteiger partial charge on any atom is -0.339 e. The summed E-state index contributed by atoms with van der Waals surface area (Å²) in [4.78, 5) is 18.9. The summed E-state index contributed by atoms with van der Waals surface area (Å²) in [6.07, 6.45) is 3.97. The molecule has 1 N–H and O–H groups in total. The van der Waals surface area contributed by atoms with E-state index < -0.39 is 0 Å². The van der Waals surface area contributed by atoms with Gasteiger partial charge >= 0.3 is 0 Å². The third-order valence-corrected chi connectivity index (χ3v) is 4.78. The number of nitrogens with zero attached hydrogens (tertiary/aromatic N) is 2. The van der Waals surface area contributed by atoms with E-state index in [1.54, 1.807) is 12.3 Å². The Morgan fingerprint density at radius 2 is 2.17 bits per heavy atom. The van der Waals surface area contributed by atoms with Crippen LogP contribution >= 0.6 is 15.9 Å². The fraction of sp³-hybridized carbons (Fsp3) is 0.333. The van der Waals surface area contributed by atoms with Crippen LogP contribution in [0.5, 0.6) is 0 Å². The molecule has 1 aliphatic rings. The Kier molecular flexibility index (Phi) is 4.96. The number of amides is 1. The molecule has 1 fully saturated rings. The van der Waals surface area contributed by atoms with Gasteiger partial charge in [0.15, 0.2) is 0 Å². The predicted molar refractivity (Wildman–Crippen MR) is 96.0 cm³/mol. The molecular weight excluding hydrogens is 354 g/mol. The maximum atomic E-state index is 12.7. The Morgan fingerprint density at radius 1 is 1.35 bits per heavy atom. The zero-order valence-electron chi connectivity index (χ0n) is 13.1. The van der Waals surface area contributed by atoms with E-state index in [0.717, 1.165) is 29.7 Å². The van der Waals surface area contributed by atoms with Crippen LogP contribution in [0, 0.1) is 5.92 Å². The average molecular weight is 374 g/mol. The first-order valence-corrected chi connectivity index (χ1v) is 8.69. The number of hydrogen-bond donors (Lipinski definition) is 1. The fourth-order valence-electron chi connectivity index (χ4n) is 2.89. The number of pyridine rings is 1. The normalized spacial score (nSPS) is 17.8. The molecule has 120 valence electrons. The largest absolute Gasteiger partial charge is 0.339 e. The molecule has 4 nitrogen and oxygen atoms in total. The maximum Gasteiger partial charge on any atom is 0.254 e. The highest BCUT2D eigenvalue weighted by atomic mass is 79.9. The molecule has 1 saturated heterocycles. The molecule has 1 atom stereocenters. The molecule has 1 aliphatic heterocycles. The lowest BCUT2D eigenvalue weighted by molar-refractivity contribution is 0.0683. The summed E-state index contributed by atoms with van der Waals surface area (Å²) in [6, 6.07) is 11.4. The Labute approximate surface area is 145 Å². The number of piperidine rings is 1. The molecule has 1 aromatic heterocycles. The number of halogens is 1. The van der Waals surface area contributed by atoms with Gasteiger partial charge in [-0.05, 0) is 59.0 Å². The first-order valence-electron chi connectivity index (χ1n) is 7.90. The molecule has 1 aromatic carbocycles. The molecule has 2 aromatic rings. The zero-order valence-corrected chi connectivity index (χ0v) is 14.7. The molecular formula is C18H20BrN3O. The molecule has 0 bridgehead atoms. The van der Waals surface area contributed by atoms with E-state index in [2.05, 4.69) is 33.2 Å². The molecule has 0 spiro atoms. The van der Waals surface area contributed by atoms with E-state index >= 15 is 0 Å². The topological polar surface area (TPSA) is 45.2 Å². The summed E-state index contributed by atoms with van der Waals surface area (Å²) < 4.78 is 0.961. The number of anilines is 2. The van der Waals surface area contributed by atoms with Crippen LogP contribution in [0.1, 0.15) is 30.1 Å². The number of likely N-dealkylation sites (tertiary alicyclic amines) is 1. The highest BCUT2D eigenvalue weighted by Crippen LogP contribution is 2.25. The number of nitrogens with one attached hydrogen (secondary N) is 1. The van der Waals surface area contributed by atoms with Crippen LogP contribution < -0.4 is 5.32 Å². The van der Waals surface area contributed by atoms with Crippen LogP contribution in [-0.4, -0.2) is 28.9 Å². The Bertz CT molecular complexity index is 704. The van der Waals surface area contributed by atoms with Gasteiger partial charge in [-0.15, -0.1) is 0 Å². The van der Waals surface area contributed by atoms with Crippen LogP contribution in [0.15, 0.2) is 47.1 Å². The van der Waals surface area contributed by atoms with Crippen molar-refractivity contribution in [2.24, 2.45) is 5.92 Å². The van der Waals surface area contributed by atoms with Crippen LogP contribution in [0.2, 0.25) is 0 Å². The summed E-state index contributed by atoms with van der Waals surface area (Å²) in [6.45, 7) is 3.89. The van der Waals surface area contributed by atoms with Gasteiger partial charge in [-0.2, -0.15) is 0 Å². The Hall–Kier alpha value is -1.88. The highest BCUT2D eigenvalue weighted by molar-refractivity contribution is 9.10. The van der Waals surface area contributed by atoms with E-state index in [1.807, 2.05) is 35.2 Å². The standard InChI is InChI=1S/C18H20BrN3O/c1-13-5-4-10-22(12-13)18(23)14-8-9-20-17(11-14)21-16-7-3-2-6-15(16)19/h2-3,6-9,11,13H,4-5,10,12H2,1H3,(H,20,21). The zero-order chi connectivity index (χ0) is 16.2. The van der Waals surface area contributed by atoms with E-state index in [0.29, 0.717) is 17.3 Å². The van der Waals surface area contributed by atoms with Gasteiger partial charge in [0.1, 0.15) is 5.82 Å². The molecule has 1 unspecified atom stereocenters. The monoisotopic (exact) mass is 373 g/mol. The number of carbonyl (C=O) groups excluding carboxylic acids is 1. The number of aromatic nitrogens is 1. The van der Waals surface area contributed by atoms with Crippen molar-refractivity contribution in [2.75, 3.05) is 18.4 Å². The van der Waals surface area contributed by atoms with Crippen molar-refractivity contribution in [3.63, 3.8) is 0 Å². The summed E-state index contributed by atoms with van der Waals surface area (Å²) in [5, 5.41) is 3.25. The van der Waals surface area contributed by atoms with Gasteiger partial charge in [0.2, 0.25) is 0 Å². The van der Waals surface area contributed by atoms with E-state index in [1.165, 1.54) is 6.42 Å². The third-order valence-electron chi connectivity index (χ3n) is 4.09. The minimum atomic E-state index is 0.0918. The van der Waals surface area contributed by atoms with Crippen molar-refractivity contribution in [2.45, 2.75) is 19.8 Å². The predicted octanol–water partition coefficient (Wildman–Crippen LogP) is 4.46. The average Bonchev–Trinajstić information content (AvgIpc) is 2.56. The van der Waals surface area contributed by atoms with Crippen LogP contribution in [0.25, 0.3) is 0 Å². The quantitative estimate of drug-likeness (QED) is 0.863. The van der Waals surface area contributed by atoms with Crippen LogP contribution in [0.3, 0.4) is 0 Å². The second-order valence-corrected chi connectivity index (χ2v) is 6.89. The first kappa shape index (κ1) is 16.0. The van der Waals surface area contributed by atoms with Crippen molar-refractivity contribution in [1.29, 1.82) is 0 Å². The molecule has 3 rings (SSSR count). The molecule has 5 heteroatoms. The lowest BCUT2D eigenvalue weighted by Gasteiger charge is -2.31. The number of benzene rings is 1. The number of rotatable bonds is 3. The molecule has 0 aliphatic carbocycles. The lowest BCUT2D eigenvalue weighted by Crippen LogP contribution is -2.39. The smallest absolute Gasteiger partial charge is 0.254 e. The van der Waals surface area contributed by atoms with Gasteiger partial charge in [-0.1, -0.05) is 19.1 Å². The third kappa shape index (κ3) is 3.91. The summed E-state index contributed by atoms with van der Waals surface area (Å²) in [5.41, 5.74) is 1.61. The summed E-state index contributed by atoms with van der Waals surface area (Å²) in [5.74, 6) is 1.34. The summed E-state index contributed by atoms with van der Waals surface area (Å²) >= 11 is 3.50. The Morgan fingerprint density at radius 3 is 2.96 bits per heavy atom. The number of para-hydroxylation sites is 1. The molecule has 0 radical (unpaired) electrons. The van der Waals surface area contributed by atoms with Gasteiger partial charge in [0.05, 0.1) is 5.69 Å². The Balaban J connectivity index is 1.77. The van der Waals surface area contributed by atoms with Gasteiger partial charge in [-0.25, -0.2) is 4.98 Å². The van der Waals surface area contributed by atoms with Crippen molar-refractivity contribution in [1.82, 2.24) is 9.88 Å². The highest BCUT2D eigenvalue weighted by Gasteiger charge is 2.22. The molecule has 2 heterocycles. The van der Waals surface area contributed by atoms with Crippen molar-refractivity contribution in [3.8, 4) is 0 Å². The second kappa shape index (κ2) is 7.13. The SMILES string of the molecule is CC1CCCN(C(=O)c2ccnc(Nc3ccccc3Br)c2)C1. The van der Waals surface area contributed by atoms with E-state index in [9.17, 15) is 4.79 Å². The van der Waals surface area contributed by atoms with Gasteiger partial charge in [-0.3, -0.25) is 4.79 Å². The van der Waals surface area contributed by atoms with E-state index in [-0.39, 0.29) is 5.91 Å². The fourth-order valence-corrected chi connectivity index (χ4v) is 3.27. The maximum absolute atomic E-state index is 12.7. The van der Waals surface area contributed by atoms with Gasteiger partial charge < -0.3 is 10.2 Å². The number of carbonyl (C=O) groups is 1. The van der Waals surface area contributed by atoms with Crippen molar-refractivity contribution in [3.05, 3.63) is 52.6 Å². The van der Waals surface area contributed by atoms with Crippen molar-refractivity contribution < 1.29 is 4.79 Å². The van der Waals surface area contributed by atoms with Gasteiger partial charge in [0.25, 0.3) is 5.91 Å². The molecule has 0 saturated carbocycles. The number of hydrogen-bond acceptors (Lipinski definition) is 3. The summed E-state index contributed by atoms with van der Waals surface area (Å²) in [7, 11) is 0. The lowest BCUT2D eigenvalue weighted by atomic mass is 9.99. The van der Waals surface area contributed by atoms with Crippen LogP contribution in [-0.2, 0) is 0 Å². The van der Waals surface area contributed by atoms with Crippen LogP contribution in [0.4, 0.5) is 11.5 Å². The first-order chi connectivity index (χ1) is 11.1. The second-order valence-electron chi connectivity index (χ2n) is 6.03. The molecule has 23 heavy (non-hydrogen) atoms. The minimum absolute atomic E-state index is 0.0918. The van der Waals surface area contributed by atoms with Gasteiger partial charge in [0, 0.05) is 29.3 Å². The van der Waals surface area contributed by atoms with Crippen molar-refractivity contribution >= 4 is 33.3 Å².